The van der Waals surface area contributed by atoms with E-state index >= 15 is 0 Å². The fourth-order valence-electron chi connectivity index (χ4n) is 3.02. The number of benzene rings is 1. The van der Waals surface area contributed by atoms with Crippen molar-refractivity contribution < 1.29 is 0 Å². The summed E-state index contributed by atoms with van der Waals surface area (Å²) in [5.74, 6) is 0. The van der Waals surface area contributed by atoms with Gasteiger partial charge in [0.1, 0.15) is 0 Å². The highest BCUT2D eigenvalue weighted by Gasteiger charge is 2.46. The van der Waals surface area contributed by atoms with Crippen LogP contribution in [0.25, 0.3) is 0 Å². The quantitative estimate of drug-likeness (QED) is 0.724. The molecule has 0 amide bonds. The molecule has 1 fully saturated rings. The molecule has 0 N–H and O–H groups in total. The van der Waals surface area contributed by atoms with Gasteiger partial charge in [0.15, 0.2) is 0 Å². The molecular weight excluding hydrogens is 260 g/mol. The summed E-state index contributed by atoms with van der Waals surface area (Å²) in [6.07, 6.45) is 8.04. The Kier molecular flexibility index (Phi) is 2.62. The largest absolute Gasteiger partial charge is 0.0888 e. The molecule has 1 heteroatoms. The van der Waals surface area contributed by atoms with Crippen molar-refractivity contribution in [3.8, 4) is 0 Å². The van der Waals surface area contributed by atoms with Crippen molar-refractivity contribution in [3.63, 3.8) is 0 Å². The highest BCUT2D eigenvalue weighted by molar-refractivity contribution is 9.09. The minimum atomic E-state index is 0.576. The Morgan fingerprint density at radius 2 is 2.00 bits per heavy atom. The minimum absolute atomic E-state index is 0.576. The minimum Gasteiger partial charge on any atom is -0.0888 e. The number of aryl methyl sites for hydroxylation is 2. The van der Waals surface area contributed by atoms with E-state index in [9.17, 15) is 0 Å². The van der Waals surface area contributed by atoms with Crippen molar-refractivity contribution in [2.75, 3.05) is 0 Å². The molecule has 0 spiro atoms. The Bertz CT molecular complexity index is 402. The van der Waals surface area contributed by atoms with Gasteiger partial charge in [0.05, 0.1) is 0 Å². The molecule has 0 aliphatic heterocycles. The van der Waals surface area contributed by atoms with E-state index in [1.807, 2.05) is 0 Å². The zero-order chi connectivity index (χ0) is 11.2. The van der Waals surface area contributed by atoms with Crippen molar-refractivity contribution in [1.82, 2.24) is 0 Å². The van der Waals surface area contributed by atoms with Gasteiger partial charge < -0.3 is 0 Å². The summed E-state index contributed by atoms with van der Waals surface area (Å²) in [4.78, 5) is 0.660. The summed E-state index contributed by atoms with van der Waals surface area (Å²) in [5.41, 5.74) is 5.35. The number of rotatable bonds is 3. The zero-order valence-electron chi connectivity index (χ0n) is 9.93. The normalized spacial score (nSPS) is 22.9. The Labute approximate surface area is 107 Å². The molecule has 2 aliphatic carbocycles. The maximum atomic E-state index is 3.78. The second-order valence-electron chi connectivity index (χ2n) is 5.61. The summed E-state index contributed by atoms with van der Waals surface area (Å²) in [6.45, 7) is 2.31. The molecule has 0 nitrogen and oxygen atoms in total. The maximum absolute atomic E-state index is 3.78. The van der Waals surface area contributed by atoms with Gasteiger partial charge in [-0.3, -0.25) is 0 Å². The lowest BCUT2D eigenvalue weighted by atomic mass is 9.92. The first-order valence-electron chi connectivity index (χ1n) is 6.44. The molecule has 2 aliphatic rings. The molecule has 0 aromatic heterocycles. The second-order valence-corrected chi connectivity index (χ2v) is 6.99. The number of alkyl halides is 1. The van der Waals surface area contributed by atoms with Crippen LogP contribution in [0.1, 0.15) is 42.9 Å². The molecular formula is C15H19Br. The van der Waals surface area contributed by atoms with Crippen LogP contribution in [-0.2, 0) is 19.3 Å². The molecule has 86 valence electrons. The molecule has 1 unspecified atom stereocenters. The lowest BCUT2D eigenvalue weighted by Gasteiger charge is -2.18. The van der Waals surface area contributed by atoms with E-state index in [1.165, 1.54) is 38.5 Å². The highest BCUT2D eigenvalue weighted by Crippen LogP contribution is 2.53. The Morgan fingerprint density at radius 1 is 1.25 bits per heavy atom. The average Bonchev–Trinajstić information content (AvgIpc) is 2.90. The summed E-state index contributed by atoms with van der Waals surface area (Å²) in [7, 11) is 0. The average molecular weight is 279 g/mol. The van der Waals surface area contributed by atoms with Gasteiger partial charge in [-0.05, 0) is 60.6 Å². The van der Waals surface area contributed by atoms with Gasteiger partial charge >= 0.3 is 0 Å². The van der Waals surface area contributed by atoms with E-state index in [4.69, 9.17) is 0 Å². The van der Waals surface area contributed by atoms with Crippen molar-refractivity contribution >= 4 is 15.9 Å². The van der Waals surface area contributed by atoms with Crippen molar-refractivity contribution in [1.29, 1.82) is 0 Å². The standard InChI is InChI=1S/C15H19Br/c1-11(16)15(7-8-15)10-12-5-6-13-3-2-4-14(13)9-12/h5-6,9,11H,2-4,7-8,10H2,1H3. The fourth-order valence-corrected chi connectivity index (χ4v) is 3.64. The van der Waals surface area contributed by atoms with Gasteiger partial charge in [-0.2, -0.15) is 0 Å². The van der Waals surface area contributed by atoms with Crippen LogP contribution in [0.5, 0.6) is 0 Å². The SMILES string of the molecule is CC(Br)C1(Cc2ccc3c(c2)CCC3)CC1. The highest BCUT2D eigenvalue weighted by atomic mass is 79.9. The number of halogens is 1. The molecule has 1 atom stereocenters. The van der Waals surface area contributed by atoms with Crippen molar-refractivity contribution in [2.45, 2.75) is 50.3 Å². The number of fused-ring (bicyclic) bond motifs is 1. The molecule has 1 saturated carbocycles. The Balaban J connectivity index is 1.81. The van der Waals surface area contributed by atoms with Crippen molar-refractivity contribution in [3.05, 3.63) is 34.9 Å². The van der Waals surface area contributed by atoms with E-state index in [0.29, 0.717) is 10.2 Å². The predicted molar refractivity (Wildman–Crippen MR) is 72.2 cm³/mol. The first-order chi connectivity index (χ1) is 7.70. The molecule has 0 heterocycles. The third-order valence-corrected chi connectivity index (χ3v) is 5.43. The molecule has 0 saturated heterocycles. The predicted octanol–water partition coefficient (Wildman–Crippen LogP) is 4.28. The van der Waals surface area contributed by atoms with E-state index in [2.05, 4.69) is 41.1 Å². The summed E-state index contributed by atoms with van der Waals surface area (Å²) in [5, 5.41) is 0. The van der Waals surface area contributed by atoms with E-state index in [0.717, 1.165) is 0 Å². The van der Waals surface area contributed by atoms with Gasteiger partial charge in [0.2, 0.25) is 0 Å². The lowest BCUT2D eigenvalue weighted by molar-refractivity contribution is 0.509. The zero-order valence-corrected chi connectivity index (χ0v) is 11.5. The monoisotopic (exact) mass is 278 g/mol. The van der Waals surface area contributed by atoms with E-state index in [1.54, 1.807) is 16.7 Å². The van der Waals surface area contributed by atoms with Gasteiger partial charge in [-0.25, -0.2) is 0 Å². The molecule has 0 radical (unpaired) electrons. The summed E-state index contributed by atoms with van der Waals surface area (Å²) >= 11 is 3.78. The van der Waals surface area contributed by atoms with Crippen LogP contribution >= 0.6 is 15.9 Å². The molecule has 3 rings (SSSR count). The van der Waals surface area contributed by atoms with Crippen LogP contribution in [-0.4, -0.2) is 4.83 Å². The van der Waals surface area contributed by atoms with E-state index < -0.39 is 0 Å². The Hall–Kier alpha value is -0.300. The van der Waals surface area contributed by atoms with E-state index in [-0.39, 0.29) is 0 Å². The first kappa shape index (κ1) is 10.8. The van der Waals surface area contributed by atoms with Crippen LogP contribution in [0.2, 0.25) is 0 Å². The second kappa shape index (κ2) is 3.87. The molecule has 1 aromatic rings. The Morgan fingerprint density at radius 3 is 2.69 bits per heavy atom. The van der Waals surface area contributed by atoms with Crippen LogP contribution in [0.4, 0.5) is 0 Å². The maximum Gasteiger partial charge on any atom is 0.0177 e. The van der Waals surface area contributed by atoms with Crippen LogP contribution in [0, 0.1) is 5.41 Å². The third-order valence-electron chi connectivity index (χ3n) is 4.46. The number of hydrogen-bond donors (Lipinski definition) is 0. The van der Waals surface area contributed by atoms with Crippen LogP contribution in [0.3, 0.4) is 0 Å². The van der Waals surface area contributed by atoms with Gasteiger partial charge in [-0.15, -0.1) is 0 Å². The van der Waals surface area contributed by atoms with Gasteiger partial charge in [-0.1, -0.05) is 41.1 Å². The van der Waals surface area contributed by atoms with Gasteiger partial charge in [0, 0.05) is 4.83 Å². The molecule has 1 aromatic carbocycles. The van der Waals surface area contributed by atoms with Crippen molar-refractivity contribution in [2.24, 2.45) is 5.41 Å². The fraction of sp³-hybridized carbons (Fsp3) is 0.600. The summed E-state index contributed by atoms with van der Waals surface area (Å²) in [6, 6.07) is 7.20. The van der Waals surface area contributed by atoms with Crippen LogP contribution in [0.15, 0.2) is 18.2 Å². The summed E-state index contributed by atoms with van der Waals surface area (Å²) < 4.78 is 0. The lowest BCUT2D eigenvalue weighted by Crippen LogP contribution is -2.15. The molecule has 16 heavy (non-hydrogen) atoms. The smallest absolute Gasteiger partial charge is 0.0177 e. The third kappa shape index (κ3) is 1.84. The molecule has 0 bridgehead atoms. The first-order valence-corrected chi connectivity index (χ1v) is 7.36. The van der Waals surface area contributed by atoms with Gasteiger partial charge in [0.25, 0.3) is 0 Å². The van der Waals surface area contributed by atoms with Crippen LogP contribution < -0.4 is 0 Å². The number of hydrogen-bond acceptors (Lipinski definition) is 0. The topological polar surface area (TPSA) is 0 Å².